The summed E-state index contributed by atoms with van der Waals surface area (Å²) < 4.78 is 35.6. The van der Waals surface area contributed by atoms with Crippen molar-refractivity contribution in [3.8, 4) is 0 Å². The normalized spacial score (nSPS) is 22.6. The molecule has 0 aliphatic carbocycles. The van der Waals surface area contributed by atoms with Crippen molar-refractivity contribution < 1.29 is 13.2 Å². The van der Waals surface area contributed by atoms with Gasteiger partial charge in [0.25, 0.3) is 0 Å². The Balaban J connectivity index is 0.00000196. The molecule has 142 valence electrons. The fraction of sp³-hybridized carbons (Fsp3) is 0.533. The van der Waals surface area contributed by atoms with E-state index in [-0.39, 0.29) is 29.3 Å². The van der Waals surface area contributed by atoms with E-state index in [4.69, 9.17) is 0 Å². The van der Waals surface area contributed by atoms with Crippen LogP contribution in [0.2, 0.25) is 0 Å². The summed E-state index contributed by atoms with van der Waals surface area (Å²) in [6, 6.07) is 4.89. The third-order valence-electron chi connectivity index (χ3n) is 4.78. The second-order valence-corrected chi connectivity index (χ2v) is 8.70. The smallest absolute Gasteiger partial charge is 0.245 e. The Morgan fingerprint density at radius 1 is 1.19 bits per heavy atom. The number of fused-ring (bicyclic) bond motifs is 1. The van der Waals surface area contributed by atoms with Gasteiger partial charge in [-0.3, -0.25) is 4.79 Å². The van der Waals surface area contributed by atoms with Gasteiger partial charge in [-0.25, -0.2) is 8.42 Å². The lowest BCUT2D eigenvalue weighted by molar-refractivity contribution is -0.134. The molecule has 11 heteroatoms. The van der Waals surface area contributed by atoms with Crippen molar-refractivity contribution in [2.75, 3.05) is 32.7 Å². The third kappa shape index (κ3) is 3.44. The fourth-order valence-corrected chi connectivity index (χ4v) is 5.57. The number of hydrogen-bond donors (Lipinski definition) is 1. The monoisotopic (exact) mass is 417 g/mol. The van der Waals surface area contributed by atoms with Crippen LogP contribution in [0.4, 0.5) is 11.4 Å². The summed E-state index contributed by atoms with van der Waals surface area (Å²) in [5.74, 6) is 0.0837. The van der Waals surface area contributed by atoms with E-state index in [1.165, 1.54) is 4.31 Å². The van der Waals surface area contributed by atoms with Crippen molar-refractivity contribution in [2.24, 2.45) is 8.73 Å². The van der Waals surface area contributed by atoms with Crippen molar-refractivity contribution in [2.45, 2.75) is 23.8 Å². The maximum atomic E-state index is 13.0. The minimum absolute atomic E-state index is 0. The fourth-order valence-electron chi connectivity index (χ4n) is 3.39. The maximum Gasteiger partial charge on any atom is 0.245 e. The van der Waals surface area contributed by atoms with Gasteiger partial charge in [0.1, 0.15) is 16.3 Å². The highest BCUT2D eigenvalue weighted by molar-refractivity contribution is 7.89. The molecule has 4 rings (SSSR count). The van der Waals surface area contributed by atoms with Crippen LogP contribution in [0.25, 0.3) is 0 Å². The van der Waals surface area contributed by atoms with E-state index in [1.807, 2.05) is 0 Å². The number of halogens is 1. The zero-order valence-corrected chi connectivity index (χ0v) is 16.4. The van der Waals surface area contributed by atoms with E-state index in [9.17, 15) is 13.2 Å². The van der Waals surface area contributed by atoms with Gasteiger partial charge in [0.2, 0.25) is 15.9 Å². The molecule has 0 saturated carbocycles. The maximum absolute atomic E-state index is 13.0. The van der Waals surface area contributed by atoms with E-state index in [1.54, 1.807) is 23.1 Å². The first-order valence-corrected chi connectivity index (χ1v) is 10.5. The van der Waals surface area contributed by atoms with Crippen LogP contribution in [0, 0.1) is 0 Å². The molecular weight excluding hydrogens is 398 g/mol. The molecule has 1 unspecified atom stereocenters. The molecule has 26 heavy (non-hydrogen) atoms. The molecule has 1 atom stereocenters. The Labute approximate surface area is 162 Å². The molecule has 1 aromatic carbocycles. The molecule has 3 aliphatic rings. The predicted octanol–water partition coefficient (Wildman–Crippen LogP) is 1.42. The van der Waals surface area contributed by atoms with Crippen LogP contribution in [0.5, 0.6) is 0 Å². The number of amides is 1. The number of benzene rings is 1. The van der Waals surface area contributed by atoms with Gasteiger partial charge < -0.3 is 10.2 Å². The number of rotatable bonds is 3. The Kier molecular flexibility index (Phi) is 5.78. The molecule has 1 amide bonds. The molecule has 0 spiro atoms. The number of nitrogens with zero attached hydrogens (tertiary/aromatic N) is 4. The highest BCUT2D eigenvalue weighted by atomic mass is 35.5. The lowest BCUT2D eigenvalue weighted by Gasteiger charge is -2.35. The first kappa shape index (κ1) is 19.4. The standard InChI is InChI=1S/C15H19N5O3S2.ClH/c21-15(12-4-2-6-16-12)19-7-9-20(10-8-19)25(22,23)13-5-1-3-11-14(13)18-24-17-11;/h1,3,5,12,16H,2,4,6-10H2;1H. The summed E-state index contributed by atoms with van der Waals surface area (Å²) in [4.78, 5) is 14.4. The molecule has 2 fully saturated rings. The minimum atomic E-state index is -3.64. The first-order chi connectivity index (χ1) is 12.1. The molecule has 0 bridgehead atoms. The number of hydrogen-bond acceptors (Lipinski definition) is 6. The molecule has 0 aromatic heterocycles. The molecule has 2 saturated heterocycles. The van der Waals surface area contributed by atoms with Crippen molar-refractivity contribution in [3.63, 3.8) is 0 Å². The van der Waals surface area contributed by atoms with Crippen LogP contribution in [-0.2, 0) is 26.2 Å². The van der Waals surface area contributed by atoms with Crippen LogP contribution in [-0.4, -0.2) is 62.3 Å². The summed E-state index contributed by atoms with van der Waals surface area (Å²) in [5, 5.41) is 3.20. The van der Waals surface area contributed by atoms with E-state index < -0.39 is 10.0 Å². The molecule has 0 radical (unpaired) electrons. The van der Waals surface area contributed by atoms with E-state index in [2.05, 4.69) is 14.0 Å². The largest absolute Gasteiger partial charge is 0.339 e. The second kappa shape index (κ2) is 7.73. The molecular formula is C15H20ClN5O3S2. The quantitative estimate of drug-likeness (QED) is 0.817. The van der Waals surface area contributed by atoms with Gasteiger partial charge in [-0.05, 0) is 31.5 Å². The highest BCUT2D eigenvalue weighted by Crippen LogP contribution is 2.38. The molecule has 3 heterocycles. The Morgan fingerprint density at radius 3 is 2.65 bits per heavy atom. The molecule has 1 aromatic rings. The van der Waals surface area contributed by atoms with Crippen molar-refractivity contribution in [1.29, 1.82) is 0 Å². The molecule has 8 nitrogen and oxygen atoms in total. The zero-order chi connectivity index (χ0) is 17.4. The third-order valence-corrected chi connectivity index (χ3v) is 7.25. The van der Waals surface area contributed by atoms with Gasteiger partial charge in [-0.1, -0.05) is 6.07 Å². The molecule has 1 N–H and O–H groups in total. The van der Waals surface area contributed by atoms with Crippen LogP contribution in [0.3, 0.4) is 0 Å². The lowest BCUT2D eigenvalue weighted by Crippen LogP contribution is -2.54. The van der Waals surface area contributed by atoms with Crippen molar-refractivity contribution in [3.05, 3.63) is 18.2 Å². The predicted molar refractivity (Wildman–Crippen MR) is 102 cm³/mol. The van der Waals surface area contributed by atoms with Crippen LogP contribution < -0.4 is 5.32 Å². The highest BCUT2D eigenvalue weighted by Gasteiger charge is 2.34. The second-order valence-electron chi connectivity index (χ2n) is 6.27. The summed E-state index contributed by atoms with van der Waals surface area (Å²) in [6.45, 7) is 2.31. The van der Waals surface area contributed by atoms with Gasteiger partial charge in [-0.15, -0.1) is 12.4 Å². The van der Waals surface area contributed by atoms with Crippen molar-refractivity contribution in [1.82, 2.24) is 14.5 Å². The Hall–Kier alpha value is -1.33. The summed E-state index contributed by atoms with van der Waals surface area (Å²) >= 11 is 1.01. The number of carbonyl (C=O) groups is 1. The number of sulfonamides is 1. The zero-order valence-electron chi connectivity index (χ0n) is 14.0. The average Bonchev–Trinajstić information content (AvgIpc) is 3.32. The average molecular weight is 418 g/mol. The van der Waals surface area contributed by atoms with Crippen LogP contribution in [0.1, 0.15) is 12.8 Å². The lowest BCUT2D eigenvalue weighted by atomic mass is 10.2. The van der Waals surface area contributed by atoms with Gasteiger partial charge in [-0.2, -0.15) is 13.0 Å². The first-order valence-electron chi connectivity index (χ1n) is 8.31. The number of piperazine rings is 1. The van der Waals surface area contributed by atoms with E-state index in [0.29, 0.717) is 37.6 Å². The van der Waals surface area contributed by atoms with Crippen LogP contribution >= 0.6 is 12.4 Å². The topological polar surface area (TPSA) is 94.4 Å². The molecule has 3 aliphatic heterocycles. The van der Waals surface area contributed by atoms with Gasteiger partial charge in [0.15, 0.2) is 0 Å². The Morgan fingerprint density at radius 2 is 1.96 bits per heavy atom. The Bertz CT molecular complexity index is 871. The van der Waals surface area contributed by atoms with Gasteiger partial charge in [0.05, 0.1) is 17.4 Å². The summed E-state index contributed by atoms with van der Waals surface area (Å²) in [5.41, 5.74) is 1.01. The summed E-state index contributed by atoms with van der Waals surface area (Å²) in [6.07, 6.45) is 1.87. The van der Waals surface area contributed by atoms with Crippen molar-refractivity contribution >= 4 is 51.1 Å². The number of carbonyl (C=O) groups excluding carboxylic acids is 1. The van der Waals surface area contributed by atoms with Crippen LogP contribution in [0.15, 0.2) is 31.8 Å². The SMILES string of the molecule is Cl.O=C(C1CCCN1)N1CCN(S(=O)(=O)c2cccc3c2N=S=N3)CC1. The number of nitrogens with one attached hydrogen (secondary N) is 1. The summed E-state index contributed by atoms with van der Waals surface area (Å²) in [7, 11) is -3.64. The van der Waals surface area contributed by atoms with Gasteiger partial charge in [0, 0.05) is 26.2 Å². The minimum Gasteiger partial charge on any atom is -0.339 e. The van der Waals surface area contributed by atoms with E-state index >= 15 is 0 Å². The van der Waals surface area contributed by atoms with E-state index in [0.717, 1.165) is 30.7 Å². The van der Waals surface area contributed by atoms with Gasteiger partial charge >= 0.3 is 0 Å².